The molecule has 0 atom stereocenters. The molecule has 0 unspecified atom stereocenters. The van der Waals surface area contributed by atoms with Crippen LogP contribution in [0.5, 0.6) is 5.75 Å². The van der Waals surface area contributed by atoms with Crippen molar-refractivity contribution in [3.8, 4) is 39.7 Å². The van der Waals surface area contributed by atoms with Gasteiger partial charge in [0, 0.05) is 29.3 Å². The molecule has 10 heteroatoms. The predicted molar refractivity (Wildman–Crippen MR) is 148 cm³/mol. The summed E-state index contributed by atoms with van der Waals surface area (Å²) in [6.07, 6.45) is 3.30. The van der Waals surface area contributed by atoms with Crippen molar-refractivity contribution in [2.45, 2.75) is 13.8 Å². The van der Waals surface area contributed by atoms with E-state index in [9.17, 15) is 9.18 Å². The van der Waals surface area contributed by atoms with Gasteiger partial charge in [0.1, 0.15) is 17.1 Å². The molecular weight excluding hydrogens is 497 g/mol. The number of carbonyl (C=O) groups is 1. The maximum atomic E-state index is 14.2. The standard InChI is InChI=1S/C29H24FN7O2/c1-15(2)29(38)32-19-10-17(13-31-14-19)22-7-8-24-26(33-22)27(37-36-24)28-34-23-6-4-5-21(25(23)35-28)16-9-18(30)12-20(11-16)39-3/h4-15H,1-3H3,(H,32,38)(H,34,35)(H,36,37). The molecular formula is C29H24FN7O2. The van der Waals surface area contributed by atoms with E-state index in [1.807, 2.05) is 50.2 Å². The number of anilines is 1. The van der Waals surface area contributed by atoms with Gasteiger partial charge in [0.25, 0.3) is 0 Å². The van der Waals surface area contributed by atoms with Gasteiger partial charge in [0.2, 0.25) is 5.91 Å². The summed E-state index contributed by atoms with van der Waals surface area (Å²) in [6, 6.07) is 15.8. The summed E-state index contributed by atoms with van der Waals surface area (Å²) in [6.45, 7) is 3.66. The van der Waals surface area contributed by atoms with Crippen molar-refractivity contribution >= 4 is 33.7 Å². The fraction of sp³-hybridized carbons (Fsp3) is 0.138. The number of hydrogen-bond acceptors (Lipinski definition) is 6. The number of rotatable bonds is 6. The third-order valence-electron chi connectivity index (χ3n) is 6.39. The predicted octanol–water partition coefficient (Wildman–Crippen LogP) is 5.97. The molecule has 9 nitrogen and oxygen atoms in total. The van der Waals surface area contributed by atoms with Crippen LogP contribution in [0.2, 0.25) is 0 Å². The number of H-pyrrole nitrogens is 2. The molecule has 4 heterocycles. The first-order chi connectivity index (χ1) is 18.9. The third-order valence-corrected chi connectivity index (χ3v) is 6.39. The highest BCUT2D eigenvalue weighted by Gasteiger charge is 2.18. The molecule has 2 aromatic carbocycles. The van der Waals surface area contributed by atoms with Gasteiger partial charge < -0.3 is 15.0 Å². The summed E-state index contributed by atoms with van der Waals surface area (Å²) in [5.74, 6) is 0.316. The number of hydrogen-bond donors (Lipinski definition) is 3. The highest BCUT2D eigenvalue weighted by atomic mass is 19.1. The second-order valence-electron chi connectivity index (χ2n) is 9.44. The van der Waals surface area contributed by atoms with Crippen LogP contribution >= 0.6 is 0 Å². The van der Waals surface area contributed by atoms with Crippen molar-refractivity contribution in [2.24, 2.45) is 5.92 Å². The number of fused-ring (bicyclic) bond motifs is 2. The van der Waals surface area contributed by atoms with Crippen molar-refractivity contribution < 1.29 is 13.9 Å². The number of nitrogens with one attached hydrogen (secondary N) is 3. The Kier molecular flexibility index (Phi) is 5.99. The van der Waals surface area contributed by atoms with E-state index in [2.05, 4.69) is 25.5 Å². The van der Waals surface area contributed by atoms with Crippen molar-refractivity contribution in [2.75, 3.05) is 12.4 Å². The van der Waals surface area contributed by atoms with Gasteiger partial charge in [-0.2, -0.15) is 5.10 Å². The Morgan fingerprint density at radius 3 is 2.67 bits per heavy atom. The van der Waals surface area contributed by atoms with Crippen molar-refractivity contribution in [3.05, 3.63) is 72.8 Å². The van der Waals surface area contributed by atoms with Gasteiger partial charge in [-0.15, -0.1) is 0 Å². The highest BCUT2D eigenvalue weighted by Crippen LogP contribution is 2.33. The first-order valence-corrected chi connectivity index (χ1v) is 12.3. The van der Waals surface area contributed by atoms with Crippen LogP contribution in [0.1, 0.15) is 13.8 Å². The lowest BCUT2D eigenvalue weighted by Crippen LogP contribution is -2.17. The molecule has 0 aliphatic rings. The maximum absolute atomic E-state index is 14.2. The van der Waals surface area contributed by atoms with Crippen LogP contribution in [0, 0.1) is 11.7 Å². The number of halogens is 1. The fourth-order valence-electron chi connectivity index (χ4n) is 4.37. The van der Waals surface area contributed by atoms with Crippen LogP contribution in [-0.2, 0) is 4.79 Å². The number of aromatic nitrogens is 6. The molecule has 4 aromatic heterocycles. The quantitative estimate of drug-likeness (QED) is 0.248. The Labute approximate surface area is 222 Å². The highest BCUT2D eigenvalue weighted by molar-refractivity contribution is 5.97. The molecule has 0 aliphatic heterocycles. The monoisotopic (exact) mass is 521 g/mol. The smallest absolute Gasteiger partial charge is 0.226 e. The molecule has 0 aliphatic carbocycles. The lowest BCUT2D eigenvalue weighted by molar-refractivity contribution is -0.118. The fourth-order valence-corrected chi connectivity index (χ4v) is 4.37. The van der Waals surface area contributed by atoms with E-state index in [0.29, 0.717) is 45.2 Å². The summed E-state index contributed by atoms with van der Waals surface area (Å²) in [7, 11) is 1.50. The van der Waals surface area contributed by atoms with E-state index in [1.165, 1.54) is 19.2 Å². The zero-order chi connectivity index (χ0) is 27.1. The lowest BCUT2D eigenvalue weighted by atomic mass is 10.0. The minimum atomic E-state index is -0.394. The van der Waals surface area contributed by atoms with E-state index in [0.717, 1.165) is 22.2 Å². The zero-order valence-electron chi connectivity index (χ0n) is 21.4. The molecule has 6 rings (SSSR count). The molecule has 0 spiro atoms. The van der Waals surface area contributed by atoms with Crippen LogP contribution < -0.4 is 10.1 Å². The Hall–Kier alpha value is -5.12. The second-order valence-corrected chi connectivity index (χ2v) is 9.44. The topological polar surface area (TPSA) is 121 Å². The van der Waals surface area contributed by atoms with Gasteiger partial charge in [-0.1, -0.05) is 26.0 Å². The summed E-state index contributed by atoms with van der Waals surface area (Å²) >= 11 is 0. The van der Waals surface area contributed by atoms with Crippen molar-refractivity contribution in [1.82, 2.24) is 30.1 Å². The summed E-state index contributed by atoms with van der Waals surface area (Å²) in [5, 5.41) is 10.4. The number of nitrogens with zero attached hydrogens (tertiary/aromatic N) is 4. The normalized spacial score (nSPS) is 11.4. The SMILES string of the molecule is COc1cc(F)cc(-c2cccc3[nH]c(-c4n[nH]c5ccc(-c6cncc(NC(=O)C(C)C)c6)nc45)nc23)c1. The number of para-hydroxylation sites is 1. The number of pyridine rings is 2. The number of benzene rings is 2. The number of imidazole rings is 1. The number of amides is 1. The molecule has 39 heavy (non-hydrogen) atoms. The van der Waals surface area contributed by atoms with E-state index < -0.39 is 5.82 Å². The minimum Gasteiger partial charge on any atom is -0.497 e. The van der Waals surface area contributed by atoms with Crippen LogP contribution in [0.3, 0.4) is 0 Å². The molecule has 194 valence electrons. The van der Waals surface area contributed by atoms with Gasteiger partial charge in [0.05, 0.1) is 41.2 Å². The molecule has 0 bridgehead atoms. The Morgan fingerprint density at radius 2 is 1.85 bits per heavy atom. The number of ether oxygens (including phenoxy) is 1. The van der Waals surface area contributed by atoms with E-state index in [-0.39, 0.29) is 11.8 Å². The van der Waals surface area contributed by atoms with Gasteiger partial charge in [-0.05, 0) is 42.0 Å². The minimum absolute atomic E-state index is 0.0876. The van der Waals surface area contributed by atoms with Crippen LogP contribution in [0.15, 0.2) is 67.0 Å². The van der Waals surface area contributed by atoms with Crippen molar-refractivity contribution in [3.63, 3.8) is 0 Å². The van der Waals surface area contributed by atoms with Gasteiger partial charge in [-0.25, -0.2) is 14.4 Å². The Balaban J connectivity index is 1.41. The average Bonchev–Trinajstić information content (AvgIpc) is 3.56. The molecule has 0 saturated heterocycles. The van der Waals surface area contributed by atoms with E-state index in [1.54, 1.807) is 18.5 Å². The molecule has 0 radical (unpaired) electrons. The van der Waals surface area contributed by atoms with Crippen LogP contribution in [0.25, 0.3) is 56.0 Å². The lowest BCUT2D eigenvalue weighted by Gasteiger charge is -2.08. The first-order valence-electron chi connectivity index (χ1n) is 12.3. The zero-order valence-corrected chi connectivity index (χ0v) is 21.4. The Morgan fingerprint density at radius 1 is 0.974 bits per heavy atom. The van der Waals surface area contributed by atoms with E-state index >= 15 is 0 Å². The average molecular weight is 522 g/mol. The summed E-state index contributed by atoms with van der Waals surface area (Å²) in [4.78, 5) is 29.4. The van der Waals surface area contributed by atoms with E-state index in [4.69, 9.17) is 14.7 Å². The number of methoxy groups -OCH3 is 1. The van der Waals surface area contributed by atoms with Crippen molar-refractivity contribution in [1.29, 1.82) is 0 Å². The number of carbonyl (C=O) groups excluding carboxylic acids is 1. The summed E-state index contributed by atoms with van der Waals surface area (Å²) in [5.41, 5.74) is 6.77. The first kappa shape index (κ1) is 24.2. The van der Waals surface area contributed by atoms with Gasteiger partial charge in [0.15, 0.2) is 11.5 Å². The Bertz CT molecular complexity index is 1860. The third kappa shape index (κ3) is 4.56. The number of aromatic amines is 2. The molecule has 1 amide bonds. The van der Waals surface area contributed by atoms with Crippen LogP contribution in [0.4, 0.5) is 10.1 Å². The maximum Gasteiger partial charge on any atom is 0.226 e. The molecule has 0 fully saturated rings. The summed E-state index contributed by atoms with van der Waals surface area (Å²) < 4.78 is 19.5. The molecule has 0 saturated carbocycles. The van der Waals surface area contributed by atoms with Gasteiger partial charge in [-0.3, -0.25) is 14.9 Å². The molecule has 3 N–H and O–H groups in total. The second kappa shape index (κ2) is 9.64. The van der Waals surface area contributed by atoms with Gasteiger partial charge >= 0.3 is 0 Å². The molecule has 6 aromatic rings. The van der Waals surface area contributed by atoms with Crippen LogP contribution in [-0.4, -0.2) is 43.2 Å². The largest absolute Gasteiger partial charge is 0.497 e.